The van der Waals surface area contributed by atoms with Crippen molar-refractivity contribution in [3.8, 4) is 0 Å². The Hall–Kier alpha value is -1.54. The minimum Gasteiger partial charge on any atom is -0.463 e. The summed E-state index contributed by atoms with van der Waals surface area (Å²) in [6.07, 6.45) is 0.433. The Morgan fingerprint density at radius 3 is 2.31 bits per heavy atom. The second kappa shape index (κ2) is 15.0. The highest BCUT2D eigenvalue weighted by atomic mass is 32.9. The van der Waals surface area contributed by atoms with Crippen LogP contribution in [0.1, 0.15) is 40.5 Å². The molecule has 12 nitrogen and oxygen atoms in total. The maximum atomic E-state index is 12.9. The summed E-state index contributed by atoms with van der Waals surface area (Å²) in [5.41, 5.74) is -4.53. The van der Waals surface area contributed by atoms with Crippen molar-refractivity contribution in [1.29, 1.82) is 0 Å². The monoisotopic (exact) mass is 571 g/mol. The zero-order valence-corrected chi connectivity index (χ0v) is 23.6. The third kappa shape index (κ3) is 9.40. The van der Waals surface area contributed by atoms with Gasteiger partial charge in [-0.05, 0) is 47.9 Å². The van der Waals surface area contributed by atoms with Crippen molar-refractivity contribution < 1.29 is 52.5 Å². The molecule has 0 bridgehead atoms. The Kier molecular flexibility index (Phi) is 13.5. The second-order valence-corrected chi connectivity index (χ2v) is 12.6. The van der Waals surface area contributed by atoms with Gasteiger partial charge in [-0.1, -0.05) is 6.92 Å². The quantitative estimate of drug-likeness (QED) is 0.160. The molecule has 4 atom stereocenters. The normalized spacial score (nSPS) is 19.0. The van der Waals surface area contributed by atoms with Crippen LogP contribution in [0.3, 0.4) is 0 Å². The predicted molar refractivity (Wildman–Crippen MR) is 134 cm³/mol. The summed E-state index contributed by atoms with van der Waals surface area (Å²) in [7, 11) is 2.14. The van der Waals surface area contributed by atoms with Crippen LogP contribution in [0.4, 0.5) is 0 Å². The molecule has 0 fully saturated rings. The molecule has 0 amide bonds. The highest BCUT2D eigenvalue weighted by Crippen LogP contribution is 2.26. The maximum absolute atomic E-state index is 12.9. The van der Waals surface area contributed by atoms with Gasteiger partial charge >= 0.3 is 17.9 Å². The number of hydrogen-bond donors (Lipinski definition) is 1. The van der Waals surface area contributed by atoms with Gasteiger partial charge in [-0.3, -0.25) is 14.4 Å². The van der Waals surface area contributed by atoms with Gasteiger partial charge < -0.3 is 33.5 Å². The largest absolute Gasteiger partial charge is 0.463 e. The summed E-state index contributed by atoms with van der Waals surface area (Å²) in [6, 6.07) is 0. The van der Waals surface area contributed by atoms with Crippen molar-refractivity contribution in [2.75, 3.05) is 52.9 Å². The fourth-order valence-corrected chi connectivity index (χ4v) is 4.11. The lowest BCUT2D eigenvalue weighted by atomic mass is 10.0. The number of methoxy groups -OCH3 is 1. The van der Waals surface area contributed by atoms with Gasteiger partial charge in [-0.15, -0.1) is 0 Å². The average molecular weight is 572 g/mol. The summed E-state index contributed by atoms with van der Waals surface area (Å²) in [6.45, 7) is 3.16. The van der Waals surface area contributed by atoms with Gasteiger partial charge in [0.05, 0.1) is 38.9 Å². The third-order valence-electron chi connectivity index (χ3n) is 5.47. The molecule has 0 radical (unpaired) electrons. The van der Waals surface area contributed by atoms with E-state index in [2.05, 4.69) is 16.2 Å². The van der Waals surface area contributed by atoms with E-state index in [4.69, 9.17) is 33.5 Å². The lowest BCUT2D eigenvalue weighted by Crippen LogP contribution is -2.53. The van der Waals surface area contributed by atoms with E-state index in [9.17, 15) is 18.9 Å². The van der Waals surface area contributed by atoms with Crippen LogP contribution >= 0.6 is 6.58 Å². The molecule has 1 heterocycles. The van der Waals surface area contributed by atoms with Crippen molar-refractivity contribution in [3.05, 3.63) is 0 Å². The van der Waals surface area contributed by atoms with E-state index in [0.29, 0.717) is 0 Å². The first kappa shape index (κ1) is 32.5. The summed E-state index contributed by atoms with van der Waals surface area (Å²) in [5.74, 6) is -2.03. The number of ether oxygens (including phenoxy) is 6. The number of cyclic esters (lactones) is 1. The summed E-state index contributed by atoms with van der Waals surface area (Å²) >= 11 is 4.65. The first-order valence-corrected chi connectivity index (χ1v) is 15.0. The van der Waals surface area contributed by atoms with E-state index < -0.39 is 54.5 Å². The summed E-state index contributed by atoms with van der Waals surface area (Å²) < 4.78 is 44.2. The number of carbonyl (C=O) groups excluding carboxylic acids is 3. The second-order valence-electron chi connectivity index (χ2n) is 8.36. The van der Waals surface area contributed by atoms with Crippen LogP contribution in [0.25, 0.3) is 0 Å². The van der Waals surface area contributed by atoms with Crippen molar-refractivity contribution in [2.45, 2.75) is 57.3 Å². The Labute approximate surface area is 218 Å². The van der Waals surface area contributed by atoms with Crippen LogP contribution in [-0.4, -0.2) is 98.6 Å². The fourth-order valence-electron chi connectivity index (χ4n) is 2.68. The van der Waals surface area contributed by atoms with E-state index in [0.717, 1.165) is 9.50 Å². The van der Waals surface area contributed by atoms with Crippen LogP contribution in [-0.2, 0) is 68.1 Å². The van der Waals surface area contributed by atoms with Gasteiger partial charge in [0.15, 0.2) is 23.4 Å². The van der Waals surface area contributed by atoms with Crippen molar-refractivity contribution in [3.63, 3.8) is 0 Å². The highest BCUT2D eigenvalue weighted by Gasteiger charge is 2.45. The molecule has 0 saturated carbocycles. The van der Waals surface area contributed by atoms with Gasteiger partial charge in [-0.25, -0.2) is 9.59 Å². The molecule has 0 aromatic carbocycles. The van der Waals surface area contributed by atoms with E-state index in [1.54, 1.807) is 13.8 Å². The van der Waals surface area contributed by atoms with Crippen LogP contribution in [0, 0.1) is 0 Å². The average Bonchev–Trinajstić information content (AvgIpc) is 2.88. The van der Waals surface area contributed by atoms with Gasteiger partial charge in [0.25, 0.3) is 0 Å². The summed E-state index contributed by atoms with van der Waals surface area (Å²) in [5, 5.41) is 9.06. The van der Waals surface area contributed by atoms with E-state index in [1.807, 2.05) is 0 Å². The number of hydrogen-bond acceptors (Lipinski definition) is 13. The Bertz CT molecular complexity index is 935. The highest BCUT2D eigenvalue weighted by molar-refractivity contribution is 8.32. The van der Waals surface area contributed by atoms with Crippen LogP contribution in [0.15, 0.2) is 4.99 Å². The Morgan fingerprint density at radius 1 is 1.14 bits per heavy atom. The van der Waals surface area contributed by atoms with Crippen LogP contribution < -0.4 is 0 Å². The molecule has 0 spiro atoms. The topological polar surface area (TPSA) is 156 Å². The smallest absolute Gasteiger partial charge is 0.340 e. The Morgan fingerprint density at radius 2 is 1.75 bits per heavy atom. The molecule has 1 rings (SSSR count). The molecule has 4 unspecified atom stereocenters. The van der Waals surface area contributed by atoms with Crippen LogP contribution in [0.2, 0.25) is 0 Å². The lowest BCUT2D eigenvalue weighted by molar-refractivity contribution is -0.202. The van der Waals surface area contributed by atoms with Crippen LogP contribution in [0.5, 0.6) is 0 Å². The molecular formula is C21H34NO11PS2. The zero-order valence-electron chi connectivity index (χ0n) is 21.1. The molecular weight excluding hydrogens is 537 g/mol. The molecule has 0 aliphatic carbocycles. The van der Waals surface area contributed by atoms with Crippen molar-refractivity contribution in [1.82, 2.24) is 0 Å². The number of rotatable bonds is 16. The van der Waals surface area contributed by atoms with E-state index in [1.165, 1.54) is 21.0 Å². The summed E-state index contributed by atoms with van der Waals surface area (Å²) in [4.78, 5) is 41.4. The maximum Gasteiger partial charge on any atom is 0.340 e. The minimum atomic E-state index is -1.76. The molecule has 1 aliphatic heterocycles. The van der Waals surface area contributed by atoms with Gasteiger partial charge in [-0.2, -0.15) is 0 Å². The molecule has 0 saturated heterocycles. The number of aliphatic imine (C=N–C) groups is 1. The number of nitrogens with zero attached hydrogens (tertiary/aromatic N) is 1. The van der Waals surface area contributed by atoms with E-state index in [-0.39, 0.29) is 51.3 Å². The number of aliphatic hydroxyl groups excluding tert-OH is 1. The number of aliphatic hydroxyl groups is 1. The molecule has 0 aromatic heterocycles. The van der Waals surface area contributed by atoms with Gasteiger partial charge in [0, 0.05) is 7.11 Å². The minimum absolute atomic E-state index is 0.00537. The molecule has 36 heavy (non-hydrogen) atoms. The third-order valence-corrected chi connectivity index (χ3v) is 8.73. The molecule has 0 aromatic rings. The molecule has 1 aliphatic rings. The SMILES string of the molecule is CCC(C)(OCC(C)(OCC(C)(OC)C1=NCCC(=O)O1)C(=O)OCCO)C(=O)OCCP(=O)=S=S. The molecule has 1 N–H and O–H groups in total. The first-order valence-electron chi connectivity index (χ1n) is 11.2. The number of carbonyl (C=O) groups is 3. The van der Waals surface area contributed by atoms with Crippen molar-refractivity contribution >= 4 is 51.1 Å². The predicted octanol–water partition coefficient (Wildman–Crippen LogP) is 1.06. The molecule has 206 valence electrons. The fraction of sp³-hybridized carbons (Fsp3) is 0.810. The standard InChI is InChI=1S/C21H34NO11PS2/c1-6-19(2,17(25)30-11-12-34(27)36-35)31-14-21(4,18(26)29-10-9-23)32-13-20(3,28-5)16-22-8-7-15(24)33-16/h23H,6-14H2,1-5H3. The first-order chi connectivity index (χ1) is 16.9. The van der Waals surface area contributed by atoms with Gasteiger partial charge in [0.2, 0.25) is 5.90 Å². The molecule has 15 heteroatoms. The Balaban J connectivity index is 3.04. The van der Waals surface area contributed by atoms with Crippen molar-refractivity contribution in [2.24, 2.45) is 4.99 Å². The lowest BCUT2D eigenvalue weighted by Gasteiger charge is -2.36. The van der Waals surface area contributed by atoms with Gasteiger partial charge in [0.1, 0.15) is 13.2 Å². The number of esters is 3. The van der Waals surface area contributed by atoms with E-state index >= 15 is 0 Å². The zero-order chi connectivity index (χ0) is 27.4.